The standard InChI is InChI=1S/C38H27Cl2NO6/c1-45-35(42)26-11-8-13-28-32(26)25-10-4-6-12-27(25)38(28)31-19-22(16-15-21-17-18-23(39)20-29(21)40)24-9-5-7-14-30(24)41(31)34(37(44)47-3)33(38)36(43)46-2/h4-20,31H,1-3H3/b16-15+. The lowest BCUT2D eigenvalue weighted by Gasteiger charge is -2.41. The van der Waals surface area contributed by atoms with Crippen LogP contribution in [-0.4, -0.2) is 45.3 Å². The molecule has 1 aliphatic carbocycles. The summed E-state index contributed by atoms with van der Waals surface area (Å²) in [5, 5.41) is 1.02. The molecule has 2 aliphatic heterocycles. The molecule has 7 nitrogen and oxygen atoms in total. The third-order valence-electron chi connectivity index (χ3n) is 9.09. The van der Waals surface area contributed by atoms with E-state index in [1.54, 1.807) is 24.3 Å². The van der Waals surface area contributed by atoms with Gasteiger partial charge in [-0.25, -0.2) is 14.4 Å². The Hall–Kier alpha value is -5.11. The third kappa shape index (κ3) is 4.38. The van der Waals surface area contributed by atoms with Gasteiger partial charge in [0.1, 0.15) is 5.70 Å². The molecule has 47 heavy (non-hydrogen) atoms. The second kappa shape index (κ2) is 11.6. The number of hydrogen-bond donors (Lipinski definition) is 0. The van der Waals surface area contributed by atoms with Crippen LogP contribution in [0.3, 0.4) is 0 Å². The van der Waals surface area contributed by atoms with Crippen LogP contribution >= 0.6 is 23.2 Å². The monoisotopic (exact) mass is 663 g/mol. The minimum atomic E-state index is -1.29. The van der Waals surface area contributed by atoms with Crippen LogP contribution in [0.4, 0.5) is 5.69 Å². The minimum Gasteiger partial charge on any atom is -0.466 e. The molecule has 7 rings (SSSR count). The number of halogens is 2. The Balaban J connectivity index is 1.60. The zero-order valence-electron chi connectivity index (χ0n) is 25.5. The first kappa shape index (κ1) is 30.5. The molecular formula is C38H27Cl2NO6. The highest BCUT2D eigenvalue weighted by atomic mass is 35.5. The molecule has 0 saturated carbocycles. The van der Waals surface area contributed by atoms with Crippen molar-refractivity contribution in [2.24, 2.45) is 0 Å². The van der Waals surface area contributed by atoms with Gasteiger partial charge in [0.15, 0.2) is 0 Å². The summed E-state index contributed by atoms with van der Waals surface area (Å²) in [5.74, 6) is -1.91. The molecule has 2 atom stereocenters. The molecular weight excluding hydrogens is 637 g/mol. The summed E-state index contributed by atoms with van der Waals surface area (Å²) >= 11 is 12.7. The fraction of sp³-hybridized carbons (Fsp3) is 0.132. The van der Waals surface area contributed by atoms with Crippen LogP contribution < -0.4 is 4.90 Å². The molecule has 234 valence electrons. The van der Waals surface area contributed by atoms with Gasteiger partial charge in [0.05, 0.1) is 43.9 Å². The van der Waals surface area contributed by atoms with Gasteiger partial charge in [0.25, 0.3) is 0 Å². The van der Waals surface area contributed by atoms with Gasteiger partial charge in [0.2, 0.25) is 0 Å². The maximum absolute atomic E-state index is 14.1. The molecule has 0 saturated heterocycles. The Morgan fingerprint density at radius 2 is 1.43 bits per heavy atom. The number of nitrogens with zero attached hydrogens (tertiary/aromatic N) is 1. The Morgan fingerprint density at radius 3 is 2.15 bits per heavy atom. The van der Waals surface area contributed by atoms with Gasteiger partial charge >= 0.3 is 17.9 Å². The Bertz CT molecular complexity index is 2110. The Morgan fingerprint density at radius 1 is 0.745 bits per heavy atom. The number of rotatable bonds is 5. The molecule has 4 aromatic carbocycles. The van der Waals surface area contributed by atoms with Crippen LogP contribution in [0.1, 0.15) is 32.6 Å². The summed E-state index contributed by atoms with van der Waals surface area (Å²) in [6.45, 7) is 0. The molecule has 0 fully saturated rings. The van der Waals surface area contributed by atoms with Crippen LogP contribution in [0.15, 0.2) is 108 Å². The van der Waals surface area contributed by atoms with E-state index in [1.807, 2.05) is 83.8 Å². The number of fused-ring (bicyclic) bond motifs is 9. The Labute approximate surface area is 281 Å². The van der Waals surface area contributed by atoms with E-state index in [0.29, 0.717) is 32.4 Å². The number of methoxy groups -OCH3 is 3. The number of anilines is 1. The fourth-order valence-corrected chi connectivity index (χ4v) is 7.76. The second-order valence-corrected chi connectivity index (χ2v) is 12.1. The zero-order chi connectivity index (χ0) is 33.0. The number of ether oxygens (including phenoxy) is 3. The molecule has 3 aliphatic rings. The lowest BCUT2D eigenvalue weighted by molar-refractivity contribution is -0.139. The van der Waals surface area contributed by atoms with Gasteiger partial charge in [-0.2, -0.15) is 0 Å². The number of allylic oxidation sites excluding steroid dienone is 2. The molecule has 9 heteroatoms. The average Bonchev–Trinajstić information content (AvgIpc) is 3.57. The summed E-state index contributed by atoms with van der Waals surface area (Å²) in [6.07, 6.45) is 5.90. The molecule has 1 spiro atoms. The number of benzene rings is 4. The lowest BCUT2D eigenvalue weighted by atomic mass is 9.67. The summed E-state index contributed by atoms with van der Waals surface area (Å²) < 4.78 is 16.0. The Kier molecular flexibility index (Phi) is 7.54. The van der Waals surface area contributed by atoms with Crippen molar-refractivity contribution in [2.45, 2.75) is 11.5 Å². The molecule has 0 amide bonds. The number of para-hydroxylation sites is 1. The lowest BCUT2D eigenvalue weighted by Crippen LogP contribution is -2.46. The smallest absolute Gasteiger partial charge is 0.355 e. The fourth-order valence-electron chi connectivity index (χ4n) is 7.29. The predicted octanol–water partition coefficient (Wildman–Crippen LogP) is 7.65. The third-order valence-corrected chi connectivity index (χ3v) is 9.66. The predicted molar refractivity (Wildman–Crippen MR) is 181 cm³/mol. The van der Waals surface area contributed by atoms with Crippen molar-refractivity contribution in [1.82, 2.24) is 0 Å². The van der Waals surface area contributed by atoms with Gasteiger partial charge < -0.3 is 19.1 Å². The van der Waals surface area contributed by atoms with Crippen molar-refractivity contribution in [3.63, 3.8) is 0 Å². The van der Waals surface area contributed by atoms with Crippen molar-refractivity contribution in [2.75, 3.05) is 26.2 Å². The maximum Gasteiger partial charge on any atom is 0.355 e. The molecule has 0 N–H and O–H groups in total. The maximum atomic E-state index is 14.1. The topological polar surface area (TPSA) is 82.1 Å². The molecule has 0 radical (unpaired) electrons. The largest absolute Gasteiger partial charge is 0.466 e. The summed E-state index contributed by atoms with van der Waals surface area (Å²) in [4.78, 5) is 43.1. The average molecular weight is 665 g/mol. The highest BCUT2D eigenvalue weighted by Gasteiger charge is 2.63. The first-order chi connectivity index (χ1) is 22.8. The molecule has 4 aromatic rings. The van der Waals surface area contributed by atoms with E-state index < -0.39 is 29.4 Å². The van der Waals surface area contributed by atoms with Crippen LogP contribution in [0, 0.1) is 0 Å². The summed E-state index contributed by atoms with van der Waals surface area (Å²) in [5.41, 5.74) is 5.09. The normalized spacial score (nSPS) is 18.8. The van der Waals surface area contributed by atoms with Crippen molar-refractivity contribution < 1.29 is 28.6 Å². The molecule has 0 bridgehead atoms. The second-order valence-electron chi connectivity index (χ2n) is 11.2. The number of hydrogen-bond acceptors (Lipinski definition) is 7. The quantitative estimate of drug-likeness (QED) is 0.160. The number of esters is 3. The van der Waals surface area contributed by atoms with Gasteiger partial charge in [-0.15, -0.1) is 0 Å². The zero-order valence-corrected chi connectivity index (χ0v) is 27.1. The SMILES string of the molecule is COC(=O)C1=C(C(=O)OC)C2(c3ccccc3-c3c(C(=O)OC)cccc32)C2C=C(/C=C/c3ccc(Cl)cc3Cl)c3ccccc3N12. The van der Waals surface area contributed by atoms with Crippen LogP contribution in [0.25, 0.3) is 22.8 Å². The first-order valence-corrected chi connectivity index (χ1v) is 15.5. The van der Waals surface area contributed by atoms with Crippen molar-refractivity contribution in [1.29, 1.82) is 0 Å². The van der Waals surface area contributed by atoms with E-state index in [2.05, 4.69) is 0 Å². The molecule has 2 unspecified atom stereocenters. The van der Waals surface area contributed by atoms with E-state index >= 15 is 0 Å². The van der Waals surface area contributed by atoms with Crippen LogP contribution in [-0.2, 0) is 29.2 Å². The first-order valence-electron chi connectivity index (χ1n) is 14.7. The van der Waals surface area contributed by atoms with E-state index in [-0.39, 0.29) is 11.3 Å². The number of carbonyl (C=O) groups is 3. The van der Waals surface area contributed by atoms with Crippen molar-refractivity contribution >= 4 is 58.4 Å². The van der Waals surface area contributed by atoms with E-state index in [4.69, 9.17) is 37.4 Å². The molecule has 2 heterocycles. The summed E-state index contributed by atoms with van der Waals surface area (Å²) in [7, 11) is 3.90. The van der Waals surface area contributed by atoms with E-state index in [0.717, 1.165) is 27.8 Å². The van der Waals surface area contributed by atoms with Crippen molar-refractivity contribution in [3.8, 4) is 11.1 Å². The highest BCUT2D eigenvalue weighted by Crippen LogP contribution is 2.63. The summed E-state index contributed by atoms with van der Waals surface area (Å²) in [6, 6.07) is 25.2. The van der Waals surface area contributed by atoms with E-state index in [9.17, 15) is 14.4 Å². The van der Waals surface area contributed by atoms with Crippen molar-refractivity contribution in [3.05, 3.63) is 146 Å². The molecule has 0 aromatic heterocycles. The van der Waals surface area contributed by atoms with Gasteiger partial charge in [-0.1, -0.05) is 102 Å². The van der Waals surface area contributed by atoms with Gasteiger partial charge in [-0.05, 0) is 52.1 Å². The van der Waals surface area contributed by atoms with Gasteiger partial charge in [0, 0.05) is 26.9 Å². The highest BCUT2D eigenvalue weighted by molar-refractivity contribution is 6.35. The van der Waals surface area contributed by atoms with Crippen LogP contribution in [0.2, 0.25) is 10.0 Å². The van der Waals surface area contributed by atoms with Crippen LogP contribution in [0.5, 0.6) is 0 Å². The minimum absolute atomic E-state index is 0.0583. The van der Waals surface area contributed by atoms with E-state index in [1.165, 1.54) is 21.3 Å². The number of carbonyl (C=O) groups excluding carboxylic acids is 3. The van der Waals surface area contributed by atoms with Gasteiger partial charge in [-0.3, -0.25) is 0 Å².